The molecule has 1 saturated carbocycles. The number of aryl methyl sites for hydroxylation is 1. The molecule has 21 heavy (non-hydrogen) atoms. The van der Waals surface area contributed by atoms with Gasteiger partial charge in [0, 0.05) is 19.4 Å². The summed E-state index contributed by atoms with van der Waals surface area (Å²) in [6.45, 7) is 4.59. The lowest BCUT2D eigenvalue weighted by molar-refractivity contribution is -0.182. The number of ether oxygens (including phenoxy) is 2. The smallest absolute Gasteiger partial charge is 0.168 e. The van der Waals surface area contributed by atoms with Gasteiger partial charge in [0.15, 0.2) is 5.79 Å². The van der Waals surface area contributed by atoms with Gasteiger partial charge in [-0.15, -0.1) is 0 Å². The molecule has 0 amide bonds. The zero-order valence-corrected chi connectivity index (χ0v) is 12.9. The third-order valence-electron chi connectivity index (χ3n) is 4.76. The lowest BCUT2D eigenvalue weighted by atomic mass is 9.83. The molecule has 0 atom stereocenters. The Hall–Kier alpha value is -1.26. The van der Waals surface area contributed by atoms with Crippen LogP contribution in [-0.4, -0.2) is 25.5 Å². The van der Waals surface area contributed by atoms with Crippen molar-refractivity contribution in [2.45, 2.75) is 44.8 Å². The van der Waals surface area contributed by atoms with Crippen LogP contribution in [-0.2, 0) is 9.47 Å². The topological polar surface area (TPSA) is 56.5 Å². The van der Waals surface area contributed by atoms with Gasteiger partial charge in [0.25, 0.3) is 0 Å². The zero-order chi connectivity index (χ0) is 14.7. The molecule has 4 heteroatoms. The first-order valence-corrected chi connectivity index (χ1v) is 8.05. The van der Waals surface area contributed by atoms with E-state index in [1.54, 1.807) is 0 Å². The maximum Gasteiger partial charge on any atom is 0.168 e. The predicted octanol–water partition coefficient (Wildman–Crippen LogP) is 3.31. The van der Waals surface area contributed by atoms with Crippen LogP contribution in [0.1, 0.15) is 37.7 Å². The highest BCUT2D eigenvalue weighted by molar-refractivity contribution is 5.66. The molecule has 4 nitrogen and oxygen atoms in total. The molecule has 2 fully saturated rings. The van der Waals surface area contributed by atoms with Crippen molar-refractivity contribution in [2.24, 2.45) is 5.92 Å². The van der Waals surface area contributed by atoms with Crippen LogP contribution in [0.25, 0.3) is 0 Å². The molecule has 0 aromatic heterocycles. The second kappa shape index (κ2) is 6.24. The summed E-state index contributed by atoms with van der Waals surface area (Å²) in [5, 5.41) is 3.47. The third-order valence-corrected chi connectivity index (χ3v) is 4.76. The number of hydrogen-bond acceptors (Lipinski definition) is 4. The van der Waals surface area contributed by atoms with E-state index in [0.717, 1.165) is 49.9 Å². The fourth-order valence-corrected chi connectivity index (χ4v) is 3.43. The molecule has 1 spiro atoms. The van der Waals surface area contributed by atoms with E-state index in [4.69, 9.17) is 15.2 Å². The minimum Gasteiger partial charge on any atom is -0.397 e. The highest BCUT2D eigenvalue weighted by Crippen LogP contribution is 2.39. The lowest BCUT2D eigenvalue weighted by Crippen LogP contribution is -2.35. The van der Waals surface area contributed by atoms with Crippen LogP contribution in [0.2, 0.25) is 0 Å². The van der Waals surface area contributed by atoms with Crippen LogP contribution in [0.5, 0.6) is 0 Å². The first-order chi connectivity index (χ1) is 10.2. The van der Waals surface area contributed by atoms with Gasteiger partial charge in [0.2, 0.25) is 0 Å². The number of nitrogens with two attached hydrogens (primary N) is 1. The van der Waals surface area contributed by atoms with Gasteiger partial charge in [-0.3, -0.25) is 0 Å². The van der Waals surface area contributed by atoms with Crippen molar-refractivity contribution in [1.82, 2.24) is 0 Å². The molecule has 1 heterocycles. The molecule has 0 radical (unpaired) electrons. The van der Waals surface area contributed by atoms with E-state index in [1.807, 2.05) is 12.1 Å². The van der Waals surface area contributed by atoms with Crippen molar-refractivity contribution < 1.29 is 9.47 Å². The number of hydrogen-bond donors (Lipinski definition) is 2. The number of rotatable bonds is 4. The van der Waals surface area contributed by atoms with Crippen molar-refractivity contribution in [3.8, 4) is 0 Å². The Bertz CT molecular complexity index is 474. The highest BCUT2D eigenvalue weighted by Gasteiger charge is 2.39. The van der Waals surface area contributed by atoms with E-state index in [1.165, 1.54) is 24.8 Å². The maximum atomic E-state index is 5.99. The fourth-order valence-electron chi connectivity index (χ4n) is 3.43. The van der Waals surface area contributed by atoms with E-state index in [0.29, 0.717) is 0 Å². The number of nitrogen functional groups attached to an aromatic ring is 1. The van der Waals surface area contributed by atoms with Gasteiger partial charge in [-0.05, 0) is 49.8 Å². The monoisotopic (exact) mass is 290 g/mol. The minimum atomic E-state index is -0.231. The SMILES string of the molecule is Cc1ccc(N)c(NCCC2CCC3(CC2)OCCO3)c1. The molecule has 1 aliphatic carbocycles. The molecule has 1 aromatic rings. The summed E-state index contributed by atoms with van der Waals surface area (Å²) in [5.41, 5.74) is 9.12. The summed E-state index contributed by atoms with van der Waals surface area (Å²) < 4.78 is 11.6. The van der Waals surface area contributed by atoms with Gasteiger partial charge in [-0.25, -0.2) is 0 Å². The fraction of sp³-hybridized carbons (Fsp3) is 0.647. The Labute approximate surface area is 127 Å². The molecule has 1 saturated heterocycles. The third kappa shape index (κ3) is 3.50. The van der Waals surface area contributed by atoms with E-state index in [-0.39, 0.29) is 5.79 Å². The van der Waals surface area contributed by atoms with Crippen LogP contribution in [0.4, 0.5) is 11.4 Å². The Morgan fingerprint density at radius 3 is 2.67 bits per heavy atom. The Balaban J connectivity index is 1.43. The van der Waals surface area contributed by atoms with Gasteiger partial charge in [0.05, 0.1) is 24.6 Å². The lowest BCUT2D eigenvalue weighted by Gasteiger charge is -2.35. The number of benzene rings is 1. The quantitative estimate of drug-likeness (QED) is 0.835. The van der Waals surface area contributed by atoms with Crippen LogP contribution >= 0.6 is 0 Å². The van der Waals surface area contributed by atoms with Crippen LogP contribution in [0.3, 0.4) is 0 Å². The van der Waals surface area contributed by atoms with Crippen LogP contribution in [0, 0.1) is 12.8 Å². The molecule has 2 aliphatic rings. The minimum absolute atomic E-state index is 0.231. The number of nitrogens with one attached hydrogen (secondary N) is 1. The summed E-state index contributed by atoms with van der Waals surface area (Å²) >= 11 is 0. The summed E-state index contributed by atoms with van der Waals surface area (Å²) in [6.07, 6.45) is 5.67. The van der Waals surface area contributed by atoms with Gasteiger partial charge in [-0.2, -0.15) is 0 Å². The van der Waals surface area contributed by atoms with Gasteiger partial charge >= 0.3 is 0 Å². The molecule has 116 valence electrons. The summed E-state index contributed by atoms with van der Waals surface area (Å²) in [4.78, 5) is 0. The summed E-state index contributed by atoms with van der Waals surface area (Å²) in [5.74, 6) is 0.534. The van der Waals surface area contributed by atoms with Crippen molar-refractivity contribution in [3.05, 3.63) is 23.8 Å². The Morgan fingerprint density at radius 2 is 1.95 bits per heavy atom. The maximum absolute atomic E-state index is 5.99. The Kier molecular flexibility index (Phi) is 4.36. The molecular formula is C17H26N2O2. The summed E-state index contributed by atoms with van der Waals surface area (Å²) in [7, 11) is 0. The molecule has 1 aliphatic heterocycles. The highest BCUT2D eigenvalue weighted by atomic mass is 16.7. The van der Waals surface area contributed by atoms with E-state index >= 15 is 0 Å². The molecular weight excluding hydrogens is 264 g/mol. The first kappa shape index (κ1) is 14.7. The van der Waals surface area contributed by atoms with Crippen molar-refractivity contribution >= 4 is 11.4 Å². The van der Waals surface area contributed by atoms with Crippen molar-refractivity contribution in [2.75, 3.05) is 30.8 Å². The average Bonchev–Trinajstić information content (AvgIpc) is 2.93. The average molecular weight is 290 g/mol. The van der Waals surface area contributed by atoms with Crippen LogP contribution in [0.15, 0.2) is 18.2 Å². The van der Waals surface area contributed by atoms with Crippen molar-refractivity contribution in [3.63, 3.8) is 0 Å². The molecule has 1 aromatic carbocycles. The largest absolute Gasteiger partial charge is 0.397 e. The summed E-state index contributed by atoms with van der Waals surface area (Å²) in [6, 6.07) is 6.13. The van der Waals surface area contributed by atoms with Crippen molar-refractivity contribution in [1.29, 1.82) is 0 Å². The van der Waals surface area contributed by atoms with E-state index in [9.17, 15) is 0 Å². The van der Waals surface area contributed by atoms with E-state index in [2.05, 4.69) is 18.3 Å². The van der Waals surface area contributed by atoms with Gasteiger partial charge in [-0.1, -0.05) is 6.07 Å². The molecule has 3 N–H and O–H groups in total. The van der Waals surface area contributed by atoms with Crippen LogP contribution < -0.4 is 11.1 Å². The standard InChI is InChI=1S/C17H26N2O2/c1-13-2-3-15(18)16(12-13)19-9-6-14-4-7-17(8-5-14)20-10-11-21-17/h2-3,12,14,19H,4-11,18H2,1H3. The molecule has 0 unspecified atom stereocenters. The van der Waals surface area contributed by atoms with Gasteiger partial charge < -0.3 is 20.5 Å². The number of anilines is 2. The second-order valence-corrected chi connectivity index (χ2v) is 6.36. The second-order valence-electron chi connectivity index (χ2n) is 6.36. The molecule has 3 rings (SSSR count). The zero-order valence-electron chi connectivity index (χ0n) is 12.9. The van der Waals surface area contributed by atoms with Gasteiger partial charge in [0.1, 0.15) is 0 Å². The predicted molar refractivity (Wildman–Crippen MR) is 85.3 cm³/mol. The Morgan fingerprint density at radius 1 is 1.24 bits per heavy atom. The normalized spacial score (nSPS) is 21.8. The van der Waals surface area contributed by atoms with E-state index < -0.39 is 0 Å². The first-order valence-electron chi connectivity index (χ1n) is 8.05. The molecule has 0 bridgehead atoms.